The molecular formula is C12H11BrClN3S. The lowest BCUT2D eigenvalue weighted by Gasteiger charge is -2.08. The second-order valence-electron chi connectivity index (χ2n) is 3.65. The molecule has 0 atom stereocenters. The van der Waals surface area contributed by atoms with Gasteiger partial charge in [-0.3, -0.25) is 0 Å². The number of benzene rings is 1. The lowest BCUT2D eigenvalue weighted by molar-refractivity contribution is 0.976. The first-order valence-electron chi connectivity index (χ1n) is 5.20. The summed E-state index contributed by atoms with van der Waals surface area (Å²) in [5.74, 6) is 0.695. The lowest BCUT2D eigenvalue weighted by atomic mass is 10.2. The van der Waals surface area contributed by atoms with Crippen molar-refractivity contribution in [2.45, 2.75) is 12.1 Å². The van der Waals surface area contributed by atoms with E-state index < -0.39 is 0 Å². The molecule has 1 N–H and O–H groups in total. The molecule has 1 heterocycles. The Morgan fingerprint density at radius 2 is 2.06 bits per heavy atom. The van der Waals surface area contributed by atoms with Crippen molar-refractivity contribution in [3.05, 3.63) is 39.5 Å². The molecule has 2 rings (SSSR count). The minimum Gasteiger partial charge on any atom is -0.340 e. The molecular weight excluding hydrogens is 334 g/mol. The van der Waals surface area contributed by atoms with Gasteiger partial charge in [-0.05, 0) is 36.9 Å². The average Bonchev–Trinajstić information content (AvgIpc) is 2.33. The van der Waals surface area contributed by atoms with Crippen LogP contribution < -0.4 is 5.32 Å². The highest BCUT2D eigenvalue weighted by Crippen LogP contribution is 2.24. The molecule has 0 aliphatic rings. The Labute approximate surface area is 124 Å². The Bertz CT molecular complexity index is 577. The van der Waals surface area contributed by atoms with Crippen LogP contribution in [0.15, 0.2) is 33.9 Å². The van der Waals surface area contributed by atoms with Gasteiger partial charge in [0.25, 0.3) is 0 Å². The number of thioether (sulfide) groups is 1. The predicted molar refractivity (Wildman–Crippen MR) is 81.0 cm³/mol. The molecule has 3 nitrogen and oxygen atoms in total. The summed E-state index contributed by atoms with van der Waals surface area (Å²) < 4.78 is 1.08. The third-order valence-corrected chi connectivity index (χ3v) is 3.92. The van der Waals surface area contributed by atoms with Crippen molar-refractivity contribution in [1.29, 1.82) is 0 Å². The Morgan fingerprint density at radius 1 is 1.28 bits per heavy atom. The summed E-state index contributed by atoms with van der Waals surface area (Å²) >= 11 is 10.9. The fourth-order valence-corrected chi connectivity index (χ4v) is 2.28. The summed E-state index contributed by atoms with van der Waals surface area (Å²) in [5.41, 5.74) is 2.13. The molecule has 18 heavy (non-hydrogen) atoms. The number of hydrogen-bond donors (Lipinski definition) is 1. The minimum absolute atomic E-state index is 0.436. The smallest absolute Gasteiger partial charge is 0.190 e. The van der Waals surface area contributed by atoms with E-state index in [4.69, 9.17) is 11.6 Å². The highest BCUT2D eigenvalue weighted by Gasteiger charge is 2.04. The fraction of sp³-hybridized carbons (Fsp3) is 0.167. The standard InChI is InChI=1S/C12H11BrClN3S/c1-7-5-8(3-4-9(7)13)15-11-6-10(14)16-12(17-11)18-2/h3-6H,1-2H3,(H,15,16,17). The summed E-state index contributed by atoms with van der Waals surface area (Å²) in [7, 11) is 0. The van der Waals surface area contributed by atoms with E-state index in [-0.39, 0.29) is 0 Å². The summed E-state index contributed by atoms with van der Waals surface area (Å²) in [5, 5.41) is 4.31. The van der Waals surface area contributed by atoms with Gasteiger partial charge in [-0.1, -0.05) is 39.3 Å². The third-order valence-electron chi connectivity index (χ3n) is 2.29. The first-order chi connectivity index (χ1) is 8.58. The van der Waals surface area contributed by atoms with Crippen molar-refractivity contribution >= 4 is 50.8 Å². The molecule has 94 valence electrons. The third kappa shape index (κ3) is 3.37. The van der Waals surface area contributed by atoms with Crippen LogP contribution in [0.5, 0.6) is 0 Å². The highest BCUT2D eigenvalue weighted by molar-refractivity contribution is 9.10. The number of nitrogens with zero attached hydrogens (tertiary/aromatic N) is 2. The molecule has 0 amide bonds. The fourth-order valence-electron chi connectivity index (χ4n) is 1.42. The molecule has 0 aliphatic heterocycles. The first-order valence-corrected chi connectivity index (χ1v) is 7.60. The maximum atomic E-state index is 5.94. The van der Waals surface area contributed by atoms with Crippen LogP contribution in [-0.4, -0.2) is 16.2 Å². The van der Waals surface area contributed by atoms with Crippen LogP contribution in [0, 0.1) is 6.92 Å². The quantitative estimate of drug-likeness (QED) is 0.499. The number of aromatic nitrogens is 2. The van der Waals surface area contributed by atoms with Crippen molar-refractivity contribution in [3.8, 4) is 0 Å². The normalized spacial score (nSPS) is 10.4. The van der Waals surface area contributed by atoms with Gasteiger partial charge in [0.05, 0.1) is 0 Å². The van der Waals surface area contributed by atoms with Gasteiger partial charge < -0.3 is 5.32 Å². The molecule has 0 aliphatic carbocycles. The van der Waals surface area contributed by atoms with E-state index in [2.05, 4.69) is 31.2 Å². The zero-order chi connectivity index (χ0) is 13.1. The number of hydrogen-bond acceptors (Lipinski definition) is 4. The van der Waals surface area contributed by atoms with Gasteiger partial charge in [0.1, 0.15) is 11.0 Å². The van der Waals surface area contributed by atoms with E-state index in [1.54, 1.807) is 6.07 Å². The Balaban J connectivity index is 2.27. The van der Waals surface area contributed by atoms with Gasteiger partial charge >= 0.3 is 0 Å². The molecule has 2 aromatic rings. The largest absolute Gasteiger partial charge is 0.340 e. The Kier molecular flexibility index (Phi) is 4.48. The topological polar surface area (TPSA) is 37.8 Å². The molecule has 0 saturated carbocycles. The van der Waals surface area contributed by atoms with Crippen LogP contribution in [0.1, 0.15) is 5.56 Å². The molecule has 6 heteroatoms. The number of halogens is 2. The molecule has 0 saturated heterocycles. The van der Waals surface area contributed by atoms with Crippen LogP contribution in [0.3, 0.4) is 0 Å². The molecule has 0 radical (unpaired) electrons. The van der Waals surface area contributed by atoms with Crippen LogP contribution in [-0.2, 0) is 0 Å². The monoisotopic (exact) mass is 343 g/mol. The summed E-state index contributed by atoms with van der Waals surface area (Å²) in [6.45, 7) is 2.04. The van der Waals surface area contributed by atoms with E-state index >= 15 is 0 Å². The van der Waals surface area contributed by atoms with Gasteiger partial charge in [0, 0.05) is 16.2 Å². The summed E-state index contributed by atoms with van der Waals surface area (Å²) in [4.78, 5) is 8.44. The van der Waals surface area contributed by atoms with E-state index in [0.29, 0.717) is 16.1 Å². The zero-order valence-corrected chi connectivity index (χ0v) is 13.0. The Morgan fingerprint density at radius 3 is 2.72 bits per heavy atom. The van der Waals surface area contributed by atoms with E-state index in [9.17, 15) is 0 Å². The van der Waals surface area contributed by atoms with Gasteiger partial charge in [-0.15, -0.1) is 0 Å². The number of nitrogens with one attached hydrogen (secondary N) is 1. The second-order valence-corrected chi connectivity index (χ2v) is 5.67. The zero-order valence-electron chi connectivity index (χ0n) is 9.87. The van der Waals surface area contributed by atoms with Crippen molar-refractivity contribution in [2.24, 2.45) is 0 Å². The maximum Gasteiger partial charge on any atom is 0.190 e. The number of aryl methyl sites for hydroxylation is 1. The van der Waals surface area contributed by atoms with Crippen LogP contribution in [0.4, 0.5) is 11.5 Å². The minimum atomic E-state index is 0.436. The van der Waals surface area contributed by atoms with Gasteiger partial charge in [0.2, 0.25) is 0 Å². The molecule has 1 aromatic carbocycles. The Hall–Kier alpha value is -0.780. The average molecular weight is 345 g/mol. The van der Waals surface area contributed by atoms with Gasteiger partial charge in [-0.25, -0.2) is 9.97 Å². The van der Waals surface area contributed by atoms with Crippen LogP contribution >= 0.6 is 39.3 Å². The second kappa shape index (κ2) is 5.91. The SMILES string of the molecule is CSc1nc(Cl)cc(Nc2ccc(Br)c(C)c2)n1. The van der Waals surface area contributed by atoms with Crippen molar-refractivity contribution in [3.63, 3.8) is 0 Å². The first kappa shape index (κ1) is 13.6. The van der Waals surface area contributed by atoms with E-state index in [1.165, 1.54) is 11.8 Å². The highest BCUT2D eigenvalue weighted by atomic mass is 79.9. The predicted octanol–water partition coefficient (Wildman–Crippen LogP) is 4.67. The lowest BCUT2D eigenvalue weighted by Crippen LogP contribution is -1.97. The van der Waals surface area contributed by atoms with Crippen molar-refractivity contribution < 1.29 is 0 Å². The number of rotatable bonds is 3. The summed E-state index contributed by atoms with van der Waals surface area (Å²) in [6, 6.07) is 7.72. The van der Waals surface area contributed by atoms with Gasteiger partial charge in [0.15, 0.2) is 5.16 Å². The summed E-state index contributed by atoms with van der Waals surface area (Å²) in [6.07, 6.45) is 1.92. The van der Waals surface area contributed by atoms with Crippen molar-refractivity contribution in [1.82, 2.24) is 9.97 Å². The van der Waals surface area contributed by atoms with E-state index in [1.807, 2.05) is 31.4 Å². The maximum absolute atomic E-state index is 5.94. The molecule has 0 fully saturated rings. The van der Waals surface area contributed by atoms with Crippen molar-refractivity contribution in [2.75, 3.05) is 11.6 Å². The van der Waals surface area contributed by atoms with Crippen LogP contribution in [0.25, 0.3) is 0 Å². The molecule has 1 aromatic heterocycles. The van der Waals surface area contributed by atoms with Gasteiger partial charge in [-0.2, -0.15) is 0 Å². The van der Waals surface area contributed by atoms with E-state index in [0.717, 1.165) is 15.7 Å². The molecule has 0 unspecified atom stereocenters. The number of anilines is 2. The molecule has 0 bridgehead atoms. The molecule has 0 spiro atoms. The van der Waals surface area contributed by atoms with Crippen LogP contribution in [0.2, 0.25) is 5.15 Å².